The van der Waals surface area contributed by atoms with E-state index in [-0.39, 0.29) is 5.56 Å². The maximum atomic E-state index is 10.7. The van der Waals surface area contributed by atoms with Crippen molar-refractivity contribution in [3.63, 3.8) is 0 Å². The molecule has 0 atom stereocenters. The van der Waals surface area contributed by atoms with Crippen LogP contribution in [0.25, 0.3) is 5.65 Å². The van der Waals surface area contributed by atoms with Crippen LogP contribution in [0.15, 0.2) is 24.5 Å². The van der Waals surface area contributed by atoms with E-state index in [1.54, 1.807) is 16.7 Å². The van der Waals surface area contributed by atoms with Crippen LogP contribution >= 0.6 is 0 Å². The summed E-state index contributed by atoms with van der Waals surface area (Å²) in [5.74, 6) is -0.949. The molecule has 0 aromatic carbocycles. The van der Waals surface area contributed by atoms with E-state index in [1.165, 1.54) is 12.3 Å². The van der Waals surface area contributed by atoms with Crippen LogP contribution in [0.1, 0.15) is 16.1 Å². The van der Waals surface area contributed by atoms with E-state index in [2.05, 4.69) is 4.98 Å². The summed E-state index contributed by atoms with van der Waals surface area (Å²) in [4.78, 5) is 14.8. The van der Waals surface area contributed by atoms with Gasteiger partial charge in [-0.3, -0.25) is 0 Å². The van der Waals surface area contributed by atoms with Gasteiger partial charge in [0.15, 0.2) is 0 Å². The largest absolute Gasteiger partial charge is 0.478 e. The predicted octanol–water partition coefficient (Wildman–Crippen LogP) is 0.491. The first-order valence-corrected chi connectivity index (χ1v) is 4.11. The minimum Gasteiger partial charge on any atom is -0.478 e. The molecule has 3 N–H and O–H groups in total. The van der Waals surface area contributed by atoms with E-state index in [9.17, 15) is 4.79 Å². The lowest BCUT2D eigenvalue weighted by molar-refractivity contribution is 0.0696. The summed E-state index contributed by atoms with van der Waals surface area (Å²) in [7, 11) is 0. The molecule has 2 rings (SSSR count). The molecule has 0 aliphatic heterocycles. The number of hydrogen-bond acceptors (Lipinski definition) is 3. The standard InChI is InChI=1S/C9H9N3O2/c10-3-7-5-12-4-6(9(13)14)1-2-8(12)11-7/h1-2,4-5H,3,10H2,(H,13,14). The van der Waals surface area contributed by atoms with E-state index in [1.807, 2.05) is 0 Å². The van der Waals surface area contributed by atoms with Crippen molar-refractivity contribution in [1.29, 1.82) is 0 Å². The van der Waals surface area contributed by atoms with Crippen LogP contribution in [0.4, 0.5) is 0 Å². The number of nitrogens with zero attached hydrogens (tertiary/aromatic N) is 2. The Labute approximate surface area is 79.8 Å². The monoisotopic (exact) mass is 191 g/mol. The molecule has 0 bridgehead atoms. The molecule has 0 aliphatic rings. The van der Waals surface area contributed by atoms with Crippen LogP contribution in [0.5, 0.6) is 0 Å². The number of rotatable bonds is 2. The zero-order valence-electron chi connectivity index (χ0n) is 7.34. The molecule has 5 nitrogen and oxygen atoms in total. The molecule has 0 saturated heterocycles. The maximum absolute atomic E-state index is 10.7. The summed E-state index contributed by atoms with van der Waals surface area (Å²) in [6.07, 6.45) is 3.24. The number of aromatic nitrogens is 2. The van der Waals surface area contributed by atoms with Crippen LogP contribution in [0.2, 0.25) is 0 Å². The molecule has 5 heteroatoms. The highest BCUT2D eigenvalue weighted by molar-refractivity contribution is 5.87. The average Bonchev–Trinajstić information content (AvgIpc) is 2.58. The zero-order valence-corrected chi connectivity index (χ0v) is 7.34. The van der Waals surface area contributed by atoms with Crippen molar-refractivity contribution in [1.82, 2.24) is 9.38 Å². The van der Waals surface area contributed by atoms with Crippen molar-refractivity contribution in [2.24, 2.45) is 5.73 Å². The fourth-order valence-electron chi connectivity index (χ4n) is 1.27. The Bertz CT molecular complexity index is 490. The fraction of sp³-hybridized carbons (Fsp3) is 0.111. The Morgan fingerprint density at radius 2 is 2.29 bits per heavy atom. The number of carboxylic acid groups (broad SMARTS) is 1. The molecule has 0 aliphatic carbocycles. The molecule has 0 spiro atoms. The third kappa shape index (κ3) is 1.33. The molecule has 0 unspecified atom stereocenters. The number of fused-ring (bicyclic) bond motifs is 1. The summed E-state index contributed by atoms with van der Waals surface area (Å²) in [6.45, 7) is 0.351. The highest BCUT2D eigenvalue weighted by atomic mass is 16.4. The molecule has 0 radical (unpaired) electrons. The third-order valence-electron chi connectivity index (χ3n) is 1.96. The van der Waals surface area contributed by atoms with E-state index in [0.717, 1.165) is 5.69 Å². The van der Waals surface area contributed by atoms with Gasteiger partial charge in [0, 0.05) is 18.9 Å². The van der Waals surface area contributed by atoms with Crippen molar-refractivity contribution in [3.8, 4) is 0 Å². The molecular weight excluding hydrogens is 182 g/mol. The molecular formula is C9H9N3O2. The quantitative estimate of drug-likeness (QED) is 0.723. The number of nitrogens with two attached hydrogens (primary N) is 1. The summed E-state index contributed by atoms with van der Waals surface area (Å²) in [5.41, 5.74) is 7.10. The normalized spacial score (nSPS) is 10.6. The van der Waals surface area contributed by atoms with Crippen LogP contribution in [-0.4, -0.2) is 20.5 Å². The van der Waals surface area contributed by atoms with Crippen LogP contribution < -0.4 is 5.73 Å². The second-order valence-corrected chi connectivity index (χ2v) is 2.92. The number of carboxylic acids is 1. The van der Waals surface area contributed by atoms with Gasteiger partial charge in [0.1, 0.15) is 5.65 Å². The molecule has 14 heavy (non-hydrogen) atoms. The van der Waals surface area contributed by atoms with Crippen molar-refractivity contribution in [2.75, 3.05) is 0 Å². The van der Waals surface area contributed by atoms with E-state index in [4.69, 9.17) is 10.8 Å². The van der Waals surface area contributed by atoms with Gasteiger partial charge in [-0.15, -0.1) is 0 Å². The lowest BCUT2D eigenvalue weighted by atomic mass is 10.3. The molecule has 0 amide bonds. The van der Waals surface area contributed by atoms with Gasteiger partial charge < -0.3 is 15.2 Å². The number of hydrogen-bond donors (Lipinski definition) is 2. The molecule has 0 fully saturated rings. The Morgan fingerprint density at radius 1 is 1.50 bits per heavy atom. The Morgan fingerprint density at radius 3 is 2.93 bits per heavy atom. The van der Waals surface area contributed by atoms with Gasteiger partial charge in [-0.25, -0.2) is 9.78 Å². The van der Waals surface area contributed by atoms with Gasteiger partial charge in [-0.1, -0.05) is 0 Å². The van der Waals surface area contributed by atoms with Crippen molar-refractivity contribution < 1.29 is 9.90 Å². The predicted molar refractivity (Wildman–Crippen MR) is 50.0 cm³/mol. The summed E-state index contributed by atoms with van der Waals surface area (Å²) in [6, 6.07) is 3.17. The average molecular weight is 191 g/mol. The number of imidazole rings is 1. The fourth-order valence-corrected chi connectivity index (χ4v) is 1.27. The minimum absolute atomic E-state index is 0.235. The summed E-state index contributed by atoms with van der Waals surface area (Å²) in [5, 5.41) is 8.75. The highest BCUT2D eigenvalue weighted by Crippen LogP contribution is 2.07. The molecule has 0 saturated carbocycles. The van der Waals surface area contributed by atoms with Crippen LogP contribution in [0.3, 0.4) is 0 Å². The summed E-state index contributed by atoms with van der Waals surface area (Å²) < 4.78 is 1.66. The van der Waals surface area contributed by atoms with Gasteiger partial charge in [0.2, 0.25) is 0 Å². The van der Waals surface area contributed by atoms with Crippen molar-refractivity contribution >= 4 is 11.6 Å². The molecule has 2 heterocycles. The minimum atomic E-state index is -0.949. The van der Waals surface area contributed by atoms with Gasteiger partial charge >= 0.3 is 5.97 Å². The zero-order chi connectivity index (χ0) is 10.1. The first kappa shape index (κ1) is 8.71. The van der Waals surface area contributed by atoms with Crippen LogP contribution in [-0.2, 0) is 6.54 Å². The van der Waals surface area contributed by atoms with Crippen molar-refractivity contribution in [3.05, 3.63) is 35.8 Å². The lowest BCUT2D eigenvalue weighted by Crippen LogP contribution is -1.97. The van der Waals surface area contributed by atoms with E-state index < -0.39 is 5.97 Å². The lowest BCUT2D eigenvalue weighted by Gasteiger charge is -1.95. The number of carbonyl (C=O) groups is 1. The van der Waals surface area contributed by atoms with Gasteiger partial charge in [-0.2, -0.15) is 0 Å². The smallest absolute Gasteiger partial charge is 0.337 e. The van der Waals surface area contributed by atoms with Crippen LogP contribution in [0, 0.1) is 0 Å². The second-order valence-electron chi connectivity index (χ2n) is 2.92. The topological polar surface area (TPSA) is 80.6 Å². The van der Waals surface area contributed by atoms with E-state index >= 15 is 0 Å². The first-order chi connectivity index (χ1) is 6.70. The summed E-state index contributed by atoms with van der Waals surface area (Å²) >= 11 is 0. The first-order valence-electron chi connectivity index (χ1n) is 4.11. The Balaban J connectivity index is 2.59. The molecule has 72 valence electrons. The second kappa shape index (κ2) is 3.12. The maximum Gasteiger partial charge on any atom is 0.337 e. The molecule has 2 aromatic heterocycles. The van der Waals surface area contributed by atoms with Crippen molar-refractivity contribution in [2.45, 2.75) is 6.54 Å². The Hall–Kier alpha value is -1.88. The van der Waals surface area contributed by atoms with E-state index in [0.29, 0.717) is 12.2 Å². The highest BCUT2D eigenvalue weighted by Gasteiger charge is 2.05. The SMILES string of the molecule is NCc1cn2cc(C(=O)O)ccc2n1. The van der Waals surface area contributed by atoms with Gasteiger partial charge in [0.05, 0.1) is 11.3 Å². The third-order valence-corrected chi connectivity index (χ3v) is 1.96. The number of pyridine rings is 1. The Kier molecular flexibility index (Phi) is 1.94. The molecule has 2 aromatic rings. The van der Waals surface area contributed by atoms with Gasteiger partial charge in [0.25, 0.3) is 0 Å². The van der Waals surface area contributed by atoms with Gasteiger partial charge in [-0.05, 0) is 12.1 Å². The number of aromatic carboxylic acids is 1.